The topological polar surface area (TPSA) is 81.5 Å². The number of pyridine rings is 2. The first-order valence-electron chi connectivity index (χ1n) is 14.8. The van der Waals surface area contributed by atoms with Crippen LogP contribution in [0.15, 0.2) is 121 Å². The number of carboxylic acids is 1. The molecule has 1 radical (unpaired) electrons. The third-order valence-electron chi connectivity index (χ3n) is 8.14. The van der Waals surface area contributed by atoms with Gasteiger partial charge in [0, 0.05) is 52.2 Å². The van der Waals surface area contributed by atoms with Crippen LogP contribution in [0.2, 0.25) is 0 Å². The molecule has 0 saturated heterocycles. The summed E-state index contributed by atoms with van der Waals surface area (Å²) in [6.45, 7) is 2.91. The quantitative estimate of drug-likeness (QED) is 0.142. The number of para-hydroxylation sites is 2. The fraction of sp³-hybridized carbons (Fsp3) is 0.184. The Morgan fingerprint density at radius 1 is 0.644 bits per heavy atom. The van der Waals surface area contributed by atoms with Gasteiger partial charge in [0.25, 0.3) is 0 Å². The van der Waals surface area contributed by atoms with Crippen molar-refractivity contribution in [3.05, 3.63) is 144 Å². The van der Waals surface area contributed by atoms with Crippen LogP contribution in [0, 0.1) is 0 Å². The first-order valence-corrected chi connectivity index (χ1v) is 14.8. The van der Waals surface area contributed by atoms with Gasteiger partial charge in [-0.05, 0) is 72.5 Å². The summed E-state index contributed by atoms with van der Waals surface area (Å²) in [7, 11) is 0. The summed E-state index contributed by atoms with van der Waals surface area (Å²) in [6.07, 6.45) is 1.36. The van der Waals surface area contributed by atoms with E-state index in [4.69, 9.17) is 19.4 Å². The van der Waals surface area contributed by atoms with Crippen LogP contribution in [-0.2, 0) is 23.4 Å². The third-order valence-corrected chi connectivity index (χ3v) is 8.14. The Labute approximate surface area is 285 Å². The number of rotatable bonds is 12. The first-order chi connectivity index (χ1) is 21.5. The molecule has 4 aromatic carbocycles. The number of benzene rings is 4. The molecule has 45 heavy (non-hydrogen) atoms. The van der Waals surface area contributed by atoms with E-state index in [2.05, 4.69) is 43.3 Å². The Kier molecular flexibility index (Phi) is 10.5. The van der Waals surface area contributed by atoms with E-state index in [1.165, 1.54) is 0 Å². The SMILES string of the molecule is CC(CCCC(=O)O)(c1ccc(OCc2ccc3ccccc3n2)cc1)c1ccc(OCc2ccc3ccccc3n2)cc1.[Na]. The van der Waals surface area contributed by atoms with Crippen LogP contribution in [0.1, 0.15) is 48.7 Å². The largest absolute Gasteiger partial charge is 0.487 e. The average molecular weight is 606 g/mol. The molecule has 7 heteroatoms. The van der Waals surface area contributed by atoms with Crippen LogP contribution >= 0.6 is 0 Å². The zero-order valence-electron chi connectivity index (χ0n) is 25.6. The smallest absolute Gasteiger partial charge is 0.303 e. The molecule has 0 aliphatic heterocycles. The van der Waals surface area contributed by atoms with E-state index in [1.807, 2.05) is 84.9 Å². The Morgan fingerprint density at radius 3 is 1.53 bits per heavy atom. The fourth-order valence-corrected chi connectivity index (χ4v) is 5.58. The van der Waals surface area contributed by atoms with Crippen LogP contribution < -0.4 is 9.47 Å². The van der Waals surface area contributed by atoms with Crippen molar-refractivity contribution >= 4 is 57.3 Å². The van der Waals surface area contributed by atoms with Gasteiger partial charge < -0.3 is 14.6 Å². The van der Waals surface area contributed by atoms with Crippen molar-refractivity contribution in [2.24, 2.45) is 0 Å². The molecule has 2 heterocycles. The van der Waals surface area contributed by atoms with Crippen LogP contribution in [-0.4, -0.2) is 50.6 Å². The molecule has 0 aliphatic rings. The van der Waals surface area contributed by atoms with Gasteiger partial charge in [-0.15, -0.1) is 0 Å². The molecule has 0 atom stereocenters. The van der Waals surface area contributed by atoms with Crippen molar-refractivity contribution in [3.63, 3.8) is 0 Å². The number of hydrogen-bond acceptors (Lipinski definition) is 5. The third kappa shape index (κ3) is 7.90. The van der Waals surface area contributed by atoms with Crippen molar-refractivity contribution in [1.29, 1.82) is 0 Å². The zero-order chi connectivity index (χ0) is 30.4. The van der Waals surface area contributed by atoms with Crippen molar-refractivity contribution in [2.75, 3.05) is 0 Å². The normalized spacial score (nSPS) is 11.2. The van der Waals surface area contributed by atoms with E-state index in [0.29, 0.717) is 26.1 Å². The number of hydrogen-bond donors (Lipinski definition) is 1. The summed E-state index contributed by atoms with van der Waals surface area (Å²) in [4.78, 5) is 20.7. The maximum Gasteiger partial charge on any atom is 0.303 e. The Balaban J connectivity index is 0.00000400. The van der Waals surface area contributed by atoms with E-state index in [9.17, 15) is 9.90 Å². The van der Waals surface area contributed by atoms with Crippen molar-refractivity contribution < 1.29 is 19.4 Å². The predicted molar refractivity (Wildman–Crippen MR) is 179 cm³/mol. The second-order valence-corrected chi connectivity index (χ2v) is 11.2. The summed E-state index contributed by atoms with van der Waals surface area (Å²) < 4.78 is 12.1. The summed E-state index contributed by atoms with van der Waals surface area (Å²) in [5.74, 6) is 0.717. The van der Waals surface area contributed by atoms with Gasteiger partial charge in [0.1, 0.15) is 24.7 Å². The number of aromatic nitrogens is 2. The minimum atomic E-state index is -0.788. The van der Waals surface area contributed by atoms with Gasteiger partial charge in [0.05, 0.1) is 22.4 Å². The van der Waals surface area contributed by atoms with Crippen molar-refractivity contribution in [1.82, 2.24) is 9.97 Å². The number of carboxylic acid groups (broad SMARTS) is 1. The van der Waals surface area contributed by atoms with Crippen LogP contribution in [0.4, 0.5) is 0 Å². The maximum absolute atomic E-state index is 11.3. The fourth-order valence-electron chi connectivity index (χ4n) is 5.58. The predicted octanol–water partition coefficient (Wildman–Crippen LogP) is 8.12. The van der Waals surface area contributed by atoms with E-state index in [1.54, 1.807) is 0 Å². The minimum absolute atomic E-state index is 0. The molecular formula is C38H34N2NaO4. The Morgan fingerprint density at radius 2 is 1.09 bits per heavy atom. The van der Waals surface area contributed by atoms with Crippen LogP contribution in [0.25, 0.3) is 21.8 Å². The average Bonchev–Trinajstić information content (AvgIpc) is 3.06. The molecule has 0 aliphatic carbocycles. The first kappa shape index (κ1) is 32.2. The molecular weight excluding hydrogens is 571 g/mol. The summed E-state index contributed by atoms with van der Waals surface area (Å²) in [6, 6.07) is 40.3. The number of ether oxygens (including phenoxy) is 2. The molecule has 6 rings (SSSR count). The van der Waals surface area contributed by atoms with Gasteiger partial charge in [0.15, 0.2) is 0 Å². The number of nitrogens with zero attached hydrogens (tertiary/aromatic N) is 2. The molecule has 0 unspecified atom stereocenters. The summed E-state index contributed by atoms with van der Waals surface area (Å²) in [5.41, 5.74) is 5.41. The summed E-state index contributed by atoms with van der Waals surface area (Å²) >= 11 is 0. The molecule has 0 bridgehead atoms. The van der Waals surface area contributed by atoms with Crippen molar-refractivity contribution in [2.45, 2.75) is 44.8 Å². The van der Waals surface area contributed by atoms with Crippen molar-refractivity contribution in [3.8, 4) is 11.5 Å². The second-order valence-electron chi connectivity index (χ2n) is 11.2. The maximum atomic E-state index is 11.3. The number of carbonyl (C=O) groups is 1. The molecule has 221 valence electrons. The van der Waals surface area contributed by atoms with Crippen LogP contribution in [0.3, 0.4) is 0 Å². The van der Waals surface area contributed by atoms with E-state index in [0.717, 1.165) is 55.8 Å². The molecule has 0 spiro atoms. The van der Waals surface area contributed by atoms with Gasteiger partial charge >= 0.3 is 5.97 Å². The van der Waals surface area contributed by atoms with E-state index in [-0.39, 0.29) is 36.0 Å². The molecule has 0 amide bonds. The van der Waals surface area contributed by atoms with Gasteiger partial charge in [-0.25, -0.2) is 9.97 Å². The molecule has 1 N–H and O–H groups in total. The van der Waals surface area contributed by atoms with Crippen LogP contribution in [0.5, 0.6) is 11.5 Å². The molecule has 0 fully saturated rings. The van der Waals surface area contributed by atoms with Gasteiger partial charge in [-0.1, -0.05) is 79.7 Å². The monoisotopic (exact) mass is 605 g/mol. The Hall–Kier alpha value is -4.23. The molecule has 0 saturated carbocycles. The zero-order valence-corrected chi connectivity index (χ0v) is 27.6. The second kappa shape index (κ2) is 14.7. The molecule has 6 nitrogen and oxygen atoms in total. The standard InChI is InChI=1S/C38H34N2O4.Na/c1-38(24-6-11-37(41)42,29-14-20-33(21-15-29)43-25-31-18-12-27-7-2-4-9-35(27)39-31)30-16-22-34(23-17-30)44-26-32-19-13-28-8-3-5-10-36(28)40-32;/h2-5,7-10,12-23H,6,11,24-26H2,1H3,(H,41,42);. The van der Waals surface area contributed by atoms with Gasteiger partial charge in [-0.3, -0.25) is 4.79 Å². The number of fused-ring (bicyclic) bond motifs is 2. The van der Waals surface area contributed by atoms with Gasteiger partial charge in [-0.2, -0.15) is 0 Å². The van der Waals surface area contributed by atoms with Gasteiger partial charge in [0.2, 0.25) is 0 Å². The minimum Gasteiger partial charge on any atom is -0.487 e. The molecule has 6 aromatic rings. The summed E-state index contributed by atoms with van der Waals surface area (Å²) in [5, 5.41) is 11.5. The van der Waals surface area contributed by atoms with E-state index < -0.39 is 11.4 Å². The Bertz CT molecular complexity index is 1760. The molecule has 2 aromatic heterocycles. The van der Waals surface area contributed by atoms with E-state index >= 15 is 0 Å². The number of aliphatic carboxylic acids is 1.